The van der Waals surface area contributed by atoms with E-state index in [1.807, 2.05) is 0 Å². The van der Waals surface area contributed by atoms with Gasteiger partial charge in [-0.1, -0.05) is 13.8 Å². The van der Waals surface area contributed by atoms with Crippen LogP contribution in [0.5, 0.6) is 0 Å². The van der Waals surface area contributed by atoms with Gasteiger partial charge in [0.15, 0.2) is 5.96 Å². The van der Waals surface area contributed by atoms with Gasteiger partial charge in [-0.2, -0.15) is 0 Å². The van der Waals surface area contributed by atoms with Crippen LogP contribution in [0.2, 0.25) is 0 Å². The first-order valence-electron chi connectivity index (χ1n) is 7.78. The molecule has 1 rings (SSSR count). The third-order valence-electron chi connectivity index (χ3n) is 3.79. The second-order valence-corrected chi connectivity index (χ2v) is 6.03. The van der Waals surface area contributed by atoms with Crippen LogP contribution in [0.4, 0.5) is 0 Å². The number of hydrogen-bond acceptors (Lipinski definition) is 3. The van der Waals surface area contributed by atoms with Crippen molar-refractivity contribution in [1.82, 2.24) is 16.0 Å². The minimum atomic E-state index is -0.0552. The van der Waals surface area contributed by atoms with Crippen molar-refractivity contribution in [1.29, 1.82) is 0 Å². The molecule has 1 saturated carbocycles. The molecule has 0 aromatic heterocycles. The number of amides is 1. The molecule has 2 atom stereocenters. The normalized spacial score (nSPS) is 25.1. The number of methoxy groups -OCH3 is 1. The summed E-state index contributed by atoms with van der Waals surface area (Å²) in [5.74, 6) is 2.12. The molecule has 1 amide bonds. The number of aliphatic imine (C=N–C) groups is 1. The van der Waals surface area contributed by atoms with E-state index >= 15 is 0 Å². The van der Waals surface area contributed by atoms with Gasteiger partial charge in [0, 0.05) is 26.7 Å². The fourth-order valence-electron chi connectivity index (χ4n) is 2.97. The Bertz CT molecular complexity index is 342. The summed E-state index contributed by atoms with van der Waals surface area (Å²) < 4.78 is 4.89. The van der Waals surface area contributed by atoms with E-state index in [4.69, 9.17) is 4.74 Å². The molecule has 0 saturated heterocycles. The Morgan fingerprint density at radius 3 is 2.36 bits per heavy atom. The Kier molecular flexibility index (Phi) is 11.6. The van der Waals surface area contributed by atoms with E-state index in [9.17, 15) is 4.79 Å². The van der Waals surface area contributed by atoms with E-state index in [2.05, 4.69) is 34.8 Å². The van der Waals surface area contributed by atoms with E-state index in [-0.39, 0.29) is 36.4 Å². The molecule has 3 N–H and O–H groups in total. The number of carbonyl (C=O) groups is 1. The summed E-state index contributed by atoms with van der Waals surface area (Å²) in [6.07, 6.45) is 3.61. The molecule has 0 spiro atoms. The molecule has 1 fully saturated rings. The van der Waals surface area contributed by atoms with Crippen molar-refractivity contribution in [3.05, 3.63) is 0 Å². The Morgan fingerprint density at radius 1 is 1.18 bits per heavy atom. The molecular formula is C15H31IN4O2. The van der Waals surface area contributed by atoms with Crippen LogP contribution < -0.4 is 16.0 Å². The standard InChI is InChI=1S/C15H30N4O2.HI/c1-11-7-12(2)9-13(8-11)19-15(16-3)18-10-14(20)17-5-6-21-4;/h11-13H,5-10H2,1-4H3,(H,17,20)(H2,16,18,19);1H. The largest absolute Gasteiger partial charge is 0.383 e. The van der Waals surface area contributed by atoms with Crippen LogP contribution in [-0.4, -0.2) is 51.8 Å². The van der Waals surface area contributed by atoms with E-state index in [0.717, 1.165) is 24.7 Å². The van der Waals surface area contributed by atoms with Crippen LogP contribution in [0.15, 0.2) is 4.99 Å². The number of halogens is 1. The van der Waals surface area contributed by atoms with Crippen molar-refractivity contribution in [2.24, 2.45) is 16.8 Å². The molecule has 1 aliphatic carbocycles. The second-order valence-electron chi connectivity index (χ2n) is 6.03. The van der Waals surface area contributed by atoms with E-state index in [1.165, 1.54) is 6.42 Å². The fraction of sp³-hybridized carbons (Fsp3) is 0.867. The summed E-state index contributed by atoms with van der Waals surface area (Å²) in [5, 5.41) is 9.25. The Morgan fingerprint density at radius 2 is 1.82 bits per heavy atom. The third kappa shape index (κ3) is 8.77. The summed E-state index contributed by atoms with van der Waals surface area (Å²) in [6.45, 7) is 5.87. The minimum absolute atomic E-state index is 0. The van der Waals surface area contributed by atoms with Crippen LogP contribution in [0, 0.1) is 11.8 Å². The highest BCUT2D eigenvalue weighted by Gasteiger charge is 2.24. The van der Waals surface area contributed by atoms with Gasteiger partial charge in [-0.25, -0.2) is 0 Å². The Balaban J connectivity index is 0.00000441. The van der Waals surface area contributed by atoms with Crippen molar-refractivity contribution in [3.63, 3.8) is 0 Å². The maximum absolute atomic E-state index is 11.6. The third-order valence-corrected chi connectivity index (χ3v) is 3.79. The van der Waals surface area contributed by atoms with Crippen molar-refractivity contribution >= 4 is 35.8 Å². The molecule has 130 valence electrons. The molecule has 22 heavy (non-hydrogen) atoms. The summed E-state index contributed by atoms with van der Waals surface area (Å²) in [7, 11) is 3.34. The predicted molar refractivity (Wildman–Crippen MR) is 101 cm³/mol. The summed E-state index contributed by atoms with van der Waals surface area (Å²) in [4.78, 5) is 15.8. The number of nitrogens with one attached hydrogen (secondary N) is 3. The first kappa shape index (κ1) is 21.4. The molecule has 0 aromatic carbocycles. The Hall–Kier alpha value is -0.570. The SMILES string of the molecule is CN=C(NCC(=O)NCCOC)NC1CC(C)CC(C)C1.I. The first-order chi connectivity index (χ1) is 10.0. The lowest BCUT2D eigenvalue weighted by Gasteiger charge is -2.32. The van der Waals surface area contributed by atoms with Crippen LogP contribution in [0.3, 0.4) is 0 Å². The zero-order chi connectivity index (χ0) is 15.7. The number of nitrogens with zero attached hydrogens (tertiary/aromatic N) is 1. The number of rotatable bonds is 6. The van der Waals surface area contributed by atoms with Gasteiger partial charge in [0.05, 0.1) is 13.2 Å². The molecule has 7 heteroatoms. The van der Waals surface area contributed by atoms with Gasteiger partial charge in [-0.3, -0.25) is 9.79 Å². The summed E-state index contributed by atoms with van der Waals surface area (Å²) in [6, 6.07) is 0.437. The molecule has 0 bridgehead atoms. The summed E-state index contributed by atoms with van der Waals surface area (Å²) >= 11 is 0. The van der Waals surface area contributed by atoms with E-state index in [1.54, 1.807) is 14.2 Å². The smallest absolute Gasteiger partial charge is 0.239 e. The molecule has 6 nitrogen and oxygen atoms in total. The topological polar surface area (TPSA) is 74.8 Å². The van der Waals surface area contributed by atoms with Crippen LogP contribution in [0.25, 0.3) is 0 Å². The van der Waals surface area contributed by atoms with Crippen LogP contribution in [-0.2, 0) is 9.53 Å². The number of hydrogen-bond donors (Lipinski definition) is 3. The van der Waals surface area contributed by atoms with Crippen LogP contribution in [0.1, 0.15) is 33.1 Å². The quantitative estimate of drug-likeness (QED) is 0.260. The maximum Gasteiger partial charge on any atom is 0.239 e. The van der Waals surface area contributed by atoms with Gasteiger partial charge in [0.2, 0.25) is 5.91 Å². The number of ether oxygens (including phenoxy) is 1. The molecular weight excluding hydrogens is 395 g/mol. The zero-order valence-electron chi connectivity index (χ0n) is 14.1. The van der Waals surface area contributed by atoms with Crippen molar-refractivity contribution in [2.75, 3.05) is 33.9 Å². The molecule has 0 heterocycles. The fourth-order valence-corrected chi connectivity index (χ4v) is 2.97. The average molecular weight is 426 g/mol. The zero-order valence-corrected chi connectivity index (χ0v) is 16.5. The second kappa shape index (κ2) is 11.9. The summed E-state index contributed by atoms with van der Waals surface area (Å²) in [5.41, 5.74) is 0. The first-order valence-corrected chi connectivity index (χ1v) is 7.78. The van der Waals surface area contributed by atoms with Crippen LogP contribution >= 0.6 is 24.0 Å². The highest BCUT2D eigenvalue weighted by atomic mass is 127. The lowest BCUT2D eigenvalue weighted by molar-refractivity contribution is -0.120. The highest BCUT2D eigenvalue weighted by Crippen LogP contribution is 2.28. The molecule has 0 radical (unpaired) electrons. The van der Waals surface area contributed by atoms with E-state index in [0.29, 0.717) is 25.2 Å². The highest BCUT2D eigenvalue weighted by molar-refractivity contribution is 14.0. The Labute approximate surface area is 151 Å². The van der Waals surface area contributed by atoms with Gasteiger partial charge in [-0.05, 0) is 31.1 Å². The van der Waals surface area contributed by atoms with Crippen molar-refractivity contribution < 1.29 is 9.53 Å². The number of carbonyl (C=O) groups excluding carboxylic acids is 1. The minimum Gasteiger partial charge on any atom is -0.383 e. The van der Waals surface area contributed by atoms with Gasteiger partial charge in [0.1, 0.15) is 0 Å². The molecule has 2 unspecified atom stereocenters. The monoisotopic (exact) mass is 426 g/mol. The average Bonchev–Trinajstić information content (AvgIpc) is 2.42. The van der Waals surface area contributed by atoms with Gasteiger partial charge in [0.25, 0.3) is 0 Å². The molecule has 0 aliphatic heterocycles. The maximum atomic E-state index is 11.6. The number of guanidine groups is 1. The molecule has 0 aromatic rings. The lowest BCUT2D eigenvalue weighted by Crippen LogP contribution is -2.48. The van der Waals surface area contributed by atoms with E-state index < -0.39 is 0 Å². The molecule has 1 aliphatic rings. The van der Waals surface area contributed by atoms with Gasteiger partial charge >= 0.3 is 0 Å². The van der Waals surface area contributed by atoms with Gasteiger partial charge < -0.3 is 20.7 Å². The lowest BCUT2D eigenvalue weighted by atomic mass is 9.80. The van der Waals surface area contributed by atoms with Gasteiger partial charge in [-0.15, -0.1) is 24.0 Å². The van der Waals surface area contributed by atoms with Crippen molar-refractivity contribution in [2.45, 2.75) is 39.2 Å². The van der Waals surface area contributed by atoms with Crippen molar-refractivity contribution in [3.8, 4) is 0 Å². The predicted octanol–water partition coefficient (Wildman–Crippen LogP) is 1.36.